The number of aromatic nitrogens is 2. The Morgan fingerprint density at radius 2 is 2.21 bits per heavy atom. The maximum atomic E-state index is 5.84. The number of rotatable bonds is 4. The van der Waals surface area contributed by atoms with Gasteiger partial charge in [0.1, 0.15) is 5.58 Å². The van der Waals surface area contributed by atoms with Crippen molar-refractivity contribution in [3.05, 3.63) is 54.0 Å². The molecule has 0 amide bonds. The highest BCUT2D eigenvalue weighted by Crippen LogP contribution is 2.21. The number of aryl methyl sites for hydroxylation is 1. The largest absolute Gasteiger partial charge is 0.464 e. The Balaban J connectivity index is 1.44. The van der Waals surface area contributed by atoms with Crippen LogP contribution in [-0.2, 0) is 24.8 Å². The Kier molecular flexibility index (Phi) is 4.36. The lowest BCUT2D eigenvalue weighted by Gasteiger charge is -2.23. The van der Waals surface area contributed by atoms with Gasteiger partial charge >= 0.3 is 0 Å². The fourth-order valence-corrected chi connectivity index (χ4v) is 3.46. The third-order valence-electron chi connectivity index (χ3n) is 4.77. The van der Waals surface area contributed by atoms with E-state index in [2.05, 4.69) is 34.3 Å². The van der Waals surface area contributed by atoms with Gasteiger partial charge in [-0.1, -0.05) is 12.1 Å². The van der Waals surface area contributed by atoms with Crippen LogP contribution in [-0.4, -0.2) is 41.0 Å². The maximum Gasteiger partial charge on any atom is 0.134 e. The Morgan fingerprint density at radius 1 is 1.25 bits per heavy atom. The second-order valence-electron chi connectivity index (χ2n) is 6.62. The summed E-state index contributed by atoms with van der Waals surface area (Å²) < 4.78 is 13.3. The fourth-order valence-electron chi connectivity index (χ4n) is 3.46. The molecule has 3 heterocycles. The van der Waals surface area contributed by atoms with Gasteiger partial charge in [0.25, 0.3) is 0 Å². The molecule has 1 aliphatic rings. The standard InChI is InChI=1S/C19H23N3O2/c1-21-18(4-6-20-21)13-22-7-9-23-14-16(12-22)10-15-2-3-17-5-8-24-19(17)11-15/h2-6,8,11,16H,7,9-10,12-14H2,1H3/t16-/m1/s1. The van der Waals surface area contributed by atoms with Crippen molar-refractivity contribution in [2.24, 2.45) is 13.0 Å². The Bertz CT molecular complexity index is 808. The number of hydrogen-bond acceptors (Lipinski definition) is 4. The van der Waals surface area contributed by atoms with Gasteiger partial charge in [0.05, 0.1) is 25.2 Å². The van der Waals surface area contributed by atoms with Gasteiger partial charge in [0.2, 0.25) is 0 Å². The molecule has 1 aliphatic heterocycles. The first-order chi connectivity index (χ1) is 11.8. The highest BCUT2D eigenvalue weighted by molar-refractivity contribution is 5.77. The van der Waals surface area contributed by atoms with Crippen LogP contribution in [0.25, 0.3) is 11.0 Å². The Labute approximate surface area is 141 Å². The van der Waals surface area contributed by atoms with E-state index in [0.29, 0.717) is 5.92 Å². The molecule has 126 valence electrons. The topological polar surface area (TPSA) is 43.4 Å². The molecule has 0 aliphatic carbocycles. The minimum absolute atomic E-state index is 0.494. The summed E-state index contributed by atoms with van der Waals surface area (Å²) in [6.07, 6.45) is 4.62. The first kappa shape index (κ1) is 15.4. The third kappa shape index (κ3) is 3.37. The zero-order valence-electron chi connectivity index (χ0n) is 14.0. The van der Waals surface area contributed by atoms with Crippen molar-refractivity contribution in [1.29, 1.82) is 0 Å². The van der Waals surface area contributed by atoms with Crippen LogP contribution in [0.3, 0.4) is 0 Å². The number of furan rings is 1. The fraction of sp³-hybridized carbons (Fsp3) is 0.421. The van der Waals surface area contributed by atoms with Gasteiger partial charge in [0.15, 0.2) is 0 Å². The average Bonchev–Trinajstić information content (AvgIpc) is 3.13. The first-order valence-electron chi connectivity index (χ1n) is 8.51. The Hall–Kier alpha value is -2.11. The predicted molar refractivity (Wildman–Crippen MR) is 92.7 cm³/mol. The summed E-state index contributed by atoms with van der Waals surface area (Å²) in [6.45, 7) is 4.55. The molecule has 0 bridgehead atoms. The summed E-state index contributed by atoms with van der Waals surface area (Å²) >= 11 is 0. The van der Waals surface area contributed by atoms with Crippen LogP contribution in [0, 0.1) is 5.92 Å². The molecule has 0 saturated carbocycles. The SMILES string of the molecule is Cn1nccc1CN1CCOC[C@H](Cc2ccc3ccoc3c2)C1. The Morgan fingerprint density at radius 3 is 3.08 bits per heavy atom. The lowest BCUT2D eigenvalue weighted by molar-refractivity contribution is 0.121. The van der Waals surface area contributed by atoms with Crippen LogP contribution < -0.4 is 0 Å². The zero-order chi connectivity index (χ0) is 16.4. The van der Waals surface area contributed by atoms with Crippen molar-refractivity contribution in [3.8, 4) is 0 Å². The lowest BCUT2D eigenvalue weighted by Crippen LogP contribution is -2.31. The molecule has 1 fully saturated rings. The number of fused-ring (bicyclic) bond motifs is 1. The zero-order valence-corrected chi connectivity index (χ0v) is 14.0. The molecule has 5 nitrogen and oxygen atoms in total. The molecule has 1 aromatic carbocycles. The van der Waals surface area contributed by atoms with Gasteiger partial charge < -0.3 is 9.15 Å². The van der Waals surface area contributed by atoms with E-state index in [1.165, 1.54) is 11.3 Å². The molecule has 5 heteroatoms. The molecule has 1 saturated heterocycles. The van der Waals surface area contributed by atoms with Gasteiger partial charge in [-0.25, -0.2) is 0 Å². The van der Waals surface area contributed by atoms with Crippen LogP contribution in [0.4, 0.5) is 0 Å². The molecule has 0 spiro atoms. The minimum atomic E-state index is 0.494. The molecule has 2 aromatic heterocycles. The second-order valence-corrected chi connectivity index (χ2v) is 6.62. The number of ether oxygens (including phenoxy) is 1. The van der Waals surface area contributed by atoms with Crippen molar-refractivity contribution in [2.75, 3.05) is 26.3 Å². The maximum absolute atomic E-state index is 5.84. The van der Waals surface area contributed by atoms with Crippen molar-refractivity contribution in [3.63, 3.8) is 0 Å². The normalized spacial score (nSPS) is 19.6. The monoisotopic (exact) mass is 325 g/mol. The molecule has 1 atom stereocenters. The minimum Gasteiger partial charge on any atom is -0.464 e. The van der Waals surface area contributed by atoms with E-state index in [1.54, 1.807) is 6.26 Å². The van der Waals surface area contributed by atoms with Crippen LogP contribution in [0.1, 0.15) is 11.3 Å². The van der Waals surface area contributed by atoms with E-state index >= 15 is 0 Å². The van der Waals surface area contributed by atoms with Crippen molar-refractivity contribution >= 4 is 11.0 Å². The molecule has 24 heavy (non-hydrogen) atoms. The summed E-state index contributed by atoms with van der Waals surface area (Å²) in [5.41, 5.74) is 3.52. The van der Waals surface area contributed by atoms with Crippen molar-refractivity contribution < 1.29 is 9.15 Å². The second kappa shape index (κ2) is 6.79. The third-order valence-corrected chi connectivity index (χ3v) is 4.77. The van der Waals surface area contributed by atoms with Gasteiger partial charge in [-0.3, -0.25) is 9.58 Å². The first-order valence-corrected chi connectivity index (χ1v) is 8.51. The highest BCUT2D eigenvalue weighted by atomic mass is 16.5. The molecule has 4 rings (SSSR count). The van der Waals surface area contributed by atoms with Crippen LogP contribution in [0.5, 0.6) is 0 Å². The summed E-state index contributed by atoms with van der Waals surface area (Å²) in [7, 11) is 2.00. The van der Waals surface area contributed by atoms with E-state index in [9.17, 15) is 0 Å². The molecular formula is C19H23N3O2. The van der Waals surface area contributed by atoms with Crippen LogP contribution >= 0.6 is 0 Å². The quantitative estimate of drug-likeness (QED) is 0.740. The molecule has 0 N–H and O–H groups in total. The number of hydrogen-bond donors (Lipinski definition) is 0. The molecule has 0 unspecified atom stereocenters. The average molecular weight is 325 g/mol. The molecule has 3 aromatic rings. The van der Waals surface area contributed by atoms with Crippen molar-refractivity contribution in [2.45, 2.75) is 13.0 Å². The van der Waals surface area contributed by atoms with Crippen LogP contribution in [0.15, 0.2) is 47.2 Å². The van der Waals surface area contributed by atoms with E-state index in [4.69, 9.17) is 9.15 Å². The van der Waals surface area contributed by atoms with Gasteiger partial charge in [-0.15, -0.1) is 0 Å². The lowest BCUT2D eigenvalue weighted by atomic mass is 9.99. The van der Waals surface area contributed by atoms with E-state index in [-0.39, 0.29) is 0 Å². The summed E-state index contributed by atoms with van der Waals surface area (Å²) in [6, 6.07) is 10.6. The van der Waals surface area contributed by atoms with E-state index in [0.717, 1.165) is 50.2 Å². The molecular weight excluding hydrogens is 302 g/mol. The summed E-state index contributed by atoms with van der Waals surface area (Å²) in [4.78, 5) is 2.47. The van der Waals surface area contributed by atoms with E-state index < -0.39 is 0 Å². The van der Waals surface area contributed by atoms with Gasteiger partial charge in [0, 0.05) is 38.3 Å². The highest BCUT2D eigenvalue weighted by Gasteiger charge is 2.20. The van der Waals surface area contributed by atoms with Crippen LogP contribution in [0.2, 0.25) is 0 Å². The summed E-state index contributed by atoms with van der Waals surface area (Å²) in [5, 5.41) is 5.43. The predicted octanol–water partition coefficient (Wildman–Crippen LogP) is 2.86. The number of benzene rings is 1. The smallest absolute Gasteiger partial charge is 0.134 e. The van der Waals surface area contributed by atoms with Gasteiger partial charge in [-0.05, 0) is 36.1 Å². The summed E-state index contributed by atoms with van der Waals surface area (Å²) in [5.74, 6) is 0.494. The molecule has 0 radical (unpaired) electrons. The van der Waals surface area contributed by atoms with Crippen molar-refractivity contribution in [1.82, 2.24) is 14.7 Å². The van der Waals surface area contributed by atoms with Gasteiger partial charge in [-0.2, -0.15) is 5.10 Å². The number of nitrogens with zero attached hydrogens (tertiary/aromatic N) is 3. The van der Waals surface area contributed by atoms with E-state index in [1.807, 2.05) is 24.0 Å².